The van der Waals surface area contributed by atoms with E-state index in [1.54, 1.807) is 4.90 Å². The van der Waals surface area contributed by atoms with Crippen LogP contribution in [0.15, 0.2) is 35.2 Å². The van der Waals surface area contributed by atoms with E-state index in [9.17, 15) is 0 Å². The molecule has 0 saturated carbocycles. The molecular formula is C16H23S+. The lowest BCUT2D eigenvalue weighted by Gasteiger charge is -2.21. The molecule has 0 aromatic heterocycles. The zero-order valence-electron chi connectivity index (χ0n) is 10.6. The van der Waals surface area contributed by atoms with Crippen molar-refractivity contribution < 1.29 is 0 Å². The van der Waals surface area contributed by atoms with Gasteiger partial charge in [0.1, 0.15) is 11.0 Å². The van der Waals surface area contributed by atoms with Gasteiger partial charge in [0.25, 0.3) is 0 Å². The minimum Gasteiger partial charge on any atom is -0.0619 e. The Bertz CT molecular complexity index is 342. The molecule has 0 N–H and O–H groups in total. The molecule has 0 nitrogen and oxygen atoms in total. The van der Waals surface area contributed by atoms with Gasteiger partial charge in [-0.3, -0.25) is 0 Å². The number of hydrogen-bond acceptors (Lipinski definition) is 0. The first-order valence-electron chi connectivity index (χ1n) is 7.18. The molecule has 2 saturated heterocycles. The van der Waals surface area contributed by atoms with Crippen molar-refractivity contribution in [1.29, 1.82) is 0 Å². The van der Waals surface area contributed by atoms with Crippen LogP contribution in [-0.2, 0) is 10.9 Å². The van der Waals surface area contributed by atoms with Crippen LogP contribution in [-0.4, -0.2) is 11.0 Å². The van der Waals surface area contributed by atoms with E-state index in [0.29, 0.717) is 10.9 Å². The van der Waals surface area contributed by atoms with Crippen molar-refractivity contribution in [3.63, 3.8) is 0 Å². The average Bonchev–Trinajstić information content (AvgIpc) is 2.47. The Labute approximate surface area is 108 Å². The van der Waals surface area contributed by atoms with E-state index in [4.69, 9.17) is 0 Å². The summed E-state index contributed by atoms with van der Waals surface area (Å²) in [6.45, 7) is 0. The number of benzene rings is 1. The molecule has 1 heteroatoms. The highest BCUT2D eigenvalue weighted by Gasteiger charge is 2.38. The Morgan fingerprint density at radius 3 is 2.41 bits per heavy atom. The second-order valence-corrected chi connectivity index (χ2v) is 7.94. The molecule has 0 radical (unpaired) electrons. The van der Waals surface area contributed by atoms with E-state index >= 15 is 0 Å². The first-order valence-corrected chi connectivity index (χ1v) is 8.64. The minimum absolute atomic E-state index is 0.558. The Kier molecular flexibility index (Phi) is 3.75. The molecule has 3 atom stereocenters. The van der Waals surface area contributed by atoms with E-state index in [1.165, 1.54) is 50.7 Å². The molecule has 2 aliphatic rings. The van der Waals surface area contributed by atoms with Gasteiger partial charge in [-0.15, -0.1) is 0 Å². The van der Waals surface area contributed by atoms with Gasteiger partial charge in [-0.05, 0) is 50.7 Å². The van der Waals surface area contributed by atoms with Gasteiger partial charge in [0.05, 0.1) is 0 Å². The van der Waals surface area contributed by atoms with Crippen LogP contribution in [0.1, 0.15) is 44.9 Å². The molecule has 1 aromatic carbocycles. The highest BCUT2D eigenvalue weighted by molar-refractivity contribution is 7.97. The van der Waals surface area contributed by atoms with Gasteiger partial charge in [-0.1, -0.05) is 24.6 Å². The van der Waals surface area contributed by atoms with Crippen LogP contribution in [0.3, 0.4) is 0 Å². The molecule has 1 aromatic rings. The van der Waals surface area contributed by atoms with Crippen LogP contribution in [0.2, 0.25) is 0 Å². The molecule has 3 rings (SSSR count). The normalized spacial score (nSPS) is 33.8. The largest absolute Gasteiger partial charge is 0.155 e. The van der Waals surface area contributed by atoms with E-state index in [0.717, 1.165) is 11.2 Å². The maximum atomic E-state index is 2.38. The van der Waals surface area contributed by atoms with Crippen molar-refractivity contribution in [1.82, 2.24) is 0 Å². The summed E-state index contributed by atoms with van der Waals surface area (Å²) in [5.74, 6) is 2.53. The summed E-state index contributed by atoms with van der Waals surface area (Å²) in [5, 5.41) is 1.00. The number of hydrogen-bond donors (Lipinski definition) is 0. The van der Waals surface area contributed by atoms with Gasteiger partial charge in [-0.2, -0.15) is 0 Å². The van der Waals surface area contributed by atoms with Gasteiger partial charge in [-0.25, -0.2) is 0 Å². The van der Waals surface area contributed by atoms with Crippen molar-refractivity contribution in [2.45, 2.75) is 55.1 Å². The summed E-state index contributed by atoms with van der Waals surface area (Å²) in [4.78, 5) is 1.64. The molecule has 17 heavy (non-hydrogen) atoms. The molecule has 2 bridgehead atoms. The first-order chi connectivity index (χ1) is 8.43. The summed E-state index contributed by atoms with van der Waals surface area (Å²) in [5.41, 5.74) is 0. The minimum atomic E-state index is 0.558. The Morgan fingerprint density at radius 1 is 0.824 bits per heavy atom. The maximum absolute atomic E-state index is 2.38. The summed E-state index contributed by atoms with van der Waals surface area (Å²) in [6, 6.07) is 11.4. The highest BCUT2D eigenvalue weighted by Crippen LogP contribution is 2.36. The Hall–Kier alpha value is -0.430. The lowest BCUT2D eigenvalue weighted by molar-refractivity contribution is 0.473. The first kappa shape index (κ1) is 11.6. The molecule has 0 aliphatic carbocycles. The lowest BCUT2D eigenvalue weighted by atomic mass is 9.99. The molecule has 3 unspecified atom stereocenters. The van der Waals surface area contributed by atoms with E-state index < -0.39 is 0 Å². The SMILES string of the molecule is c1ccc([S+]2CC3CCCCC2CCC3)cc1. The van der Waals surface area contributed by atoms with Crippen LogP contribution in [0.25, 0.3) is 0 Å². The van der Waals surface area contributed by atoms with Crippen LogP contribution < -0.4 is 0 Å². The molecule has 0 spiro atoms. The monoisotopic (exact) mass is 247 g/mol. The zero-order valence-corrected chi connectivity index (χ0v) is 11.4. The van der Waals surface area contributed by atoms with Crippen molar-refractivity contribution in [2.24, 2.45) is 5.92 Å². The molecule has 92 valence electrons. The number of rotatable bonds is 1. The van der Waals surface area contributed by atoms with Gasteiger partial charge >= 0.3 is 0 Å². The van der Waals surface area contributed by atoms with E-state index in [-0.39, 0.29) is 0 Å². The Morgan fingerprint density at radius 2 is 1.53 bits per heavy atom. The summed E-state index contributed by atoms with van der Waals surface area (Å²) in [7, 11) is 0.558. The predicted molar refractivity (Wildman–Crippen MR) is 76.5 cm³/mol. The molecule has 2 heterocycles. The standard InChI is InChI=1S/C16H23S/c1-2-9-15(10-3-1)17-13-14-7-4-5-11-16(17)12-6-8-14/h1-3,9-10,14,16H,4-8,11-13H2/q+1. The molecule has 2 fully saturated rings. The second-order valence-electron chi connectivity index (χ2n) is 5.61. The third kappa shape index (κ3) is 2.70. The van der Waals surface area contributed by atoms with Gasteiger partial charge in [0, 0.05) is 16.8 Å². The molecule has 0 amide bonds. The fourth-order valence-electron chi connectivity index (χ4n) is 3.45. The van der Waals surface area contributed by atoms with Crippen LogP contribution >= 0.6 is 0 Å². The Balaban J connectivity index is 1.87. The summed E-state index contributed by atoms with van der Waals surface area (Å²) < 4.78 is 0. The van der Waals surface area contributed by atoms with Crippen molar-refractivity contribution in [3.05, 3.63) is 30.3 Å². The van der Waals surface area contributed by atoms with Crippen molar-refractivity contribution in [2.75, 3.05) is 5.75 Å². The summed E-state index contributed by atoms with van der Waals surface area (Å²) in [6.07, 6.45) is 10.5. The van der Waals surface area contributed by atoms with Crippen molar-refractivity contribution >= 4 is 10.9 Å². The fourth-order valence-corrected chi connectivity index (χ4v) is 6.55. The topological polar surface area (TPSA) is 0 Å². The van der Waals surface area contributed by atoms with Crippen LogP contribution in [0.5, 0.6) is 0 Å². The predicted octanol–water partition coefficient (Wildman–Crippen LogP) is 4.41. The third-order valence-electron chi connectivity index (χ3n) is 4.39. The van der Waals surface area contributed by atoms with Gasteiger partial charge < -0.3 is 0 Å². The molecular weight excluding hydrogens is 224 g/mol. The summed E-state index contributed by atoms with van der Waals surface area (Å²) >= 11 is 0. The number of fused-ring (bicyclic) bond motifs is 3. The van der Waals surface area contributed by atoms with Crippen molar-refractivity contribution in [3.8, 4) is 0 Å². The van der Waals surface area contributed by atoms with Gasteiger partial charge in [0.2, 0.25) is 0 Å². The van der Waals surface area contributed by atoms with E-state index in [1.807, 2.05) is 0 Å². The van der Waals surface area contributed by atoms with Crippen LogP contribution in [0.4, 0.5) is 0 Å². The quantitative estimate of drug-likeness (QED) is 0.645. The third-order valence-corrected chi connectivity index (χ3v) is 7.37. The lowest BCUT2D eigenvalue weighted by Crippen LogP contribution is -2.27. The van der Waals surface area contributed by atoms with Crippen LogP contribution in [0, 0.1) is 5.92 Å². The molecule has 2 aliphatic heterocycles. The highest BCUT2D eigenvalue weighted by atomic mass is 32.2. The smallest absolute Gasteiger partial charge is 0.0619 e. The zero-order chi connectivity index (χ0) is 11.5. The maximum Gasteiger partial charge on any atom is 0.155 e. The van der Waals surface area contributed by atoms with Gasteiger partial charge in [0.15, 0.2) is 4.90 Å². The average molecular weight is 247 g/mol. The fraction of sp³-hybridized carbons (Fsp3) is 0.625. The van der Waals surface area contributed by atoms with E-state index in [2.05, 4.69) is 30.3 Å². The second kappa shape index (κ2) is 5.48.